The Hall–Kier alpha value is -2.50. The van der Waals surface area contributed by atoms with Crippen molar-refractivity contribution in [1.29, 1.82) is 0 Å². The Bertz CT molecular complexity index is 842. The molecule has 0 heterocycles. The van der Waals surface area contributed by atoms with Gasteiger partial charge in [-0.05, 0) is 38.7 Å². The van der Waals surface area contributed by atoms with Crippen LogP contribution in [0.1, 0.15) is 12.5 Å². The van der Waals surface area contributed by atoms with Gasteiger partial charge in [-0.15, -0.1) is 0 Å². The Kier molecular flexibility index (Phi) is 7.98. The smallest absolute Gasteiger partial charge is 0.460 e. The summed E-state index contributed by atoms with van der Waals surface area (Å²) in [4.78, 5) is 11.6. The molecule has 0 aromatic heterocycles. The average Bonchev–Trinajstić information content (AvgIpc) is 2.59. The van der Waals surface area contributed by atoms with Crippen molar-refractivity contribution in [3.05, 3.63) is 48.2 Å². The summed E-state index contributed by atoms with van der Waals surface area (Å²) >= 11 is 0. The number of carbonyl (C=O) groups excluding carboxylic acids is 1. The summed E-state index contributed by atoms with van der Waals surface area (Å²) in [7, 11) is -2.26. The lowest BCUT2D eigenvalue weighted by atomic mass is 10.1. The highest BCUT2D eigenvalue weighted by Crippen LogP contribution is 2.50. The second-order valence-corrected chi connectivity index (χ2v) is 11.6. The third kappa shape index (κ3) is 6.49. The van der Waals surface area contributed by atoms with Crippen molar-refractivity contribution in [2.45, 2.75) is 44.6 Å². The number of hydrogen-bond acceptors (Lipinski definition) is 4. The molecule has 0 spiro atoms. The second-order valence-electron chi connectivity index (χ2n) is 7.14. The number of hydrogen-bond donors (Lipinski definition) is 0. The normalized spacial score (nSPS) is 13.6. The summed E-state index contributed by atoms with van der Waals surface area (Å²) in [6, 6.07) is 4.97. The van der Waals surface area contributed by atoms with Crippen molar-refractivity contribution in [2.24, 2.45) is 0 Å². The topological polar surface area (TPSA) is 44.8 Å². The van der Waals surface area contributed by atoms with E-state index in [0.717, 1.165) is 6.07 Å². The Morgan fingerprint density at radius 1 is 1.06 bits per heavy atom. The van der Waals surface area contributed by atoms with Gasteiger partial charge < -0.3 is 13.9 Å². The van der Waals surface area contributed by atoms with Crippen LogP contribution in [0.25, 0.3) is 5.76 Å². The van der Waals surface area contributed by atoms with Crippen LogP contribution < -0.4 is 4.74 Å². The second kappa shape index (κ2) is 9.33. The first-order chi connectivity index (χ1) is 13.9. The molecule has 0 unspecified atom stereocenters. The number of alkyl halides is 7. The van der Waals surface area contributed by atoms with E-state index in [4.69, 9.17) is 9.16 Å². The maximum atomic E-state index is 14.3. The maximum Gasteiger partial charge on any atom is 0.460 e. The fourth-order valence-corrected chi connectivity index (χ4v) is 2.99. The van der Waals surface area contributed by atoms with Gasteiger partial charge >= 0.3 is 24.0 Å². The van der Waals surface area contributed by atoms with Gasteiger partial charge in [-0.1, -0.05) is 18.7 Å². The van der Waals surface area contributed by atoms with E-state index in [1.54, 1.807) is 19.6 Å². The van der Waals surface area contributed by atoms with Gasteiger partial charge in [0.05, 0.1) is 18.2 Å². The van der Waals surface area contributed by atoms with Crippen LogP contribution in [0.2, 0.25) is 19.6 Å². The van der Waals surface area contributed by atoms with Crippen molar-refractivity contribution in [2.75, 3.05) is 6.61 Å². The summed E-state index contributed by atoms with van der Waals surface area (Å²) in [5.74, 6) is -17.0. The lowest BCUT2D eigenvalue weighted by Crippen LogP contribution is -2.53. The van der Waals surface area contributed by atoms with Gasteiger partial charge in [0.2, 0.25) is 8.32 Å². The van der Waals surface area contributed by atoms with E-state index in [2.05, 4.69) is 11.3 Å². The van der Waals surface area contributed by atoms with Crippen molar-refractivity contribution in [1.82, 2.24) is 0 Å². The number of rotatable bonds is 9. The molecule has 31 heavy (non-hydrogen) atoms. The van der Waals surface area contributed by atoms with Gasteiger partial charge in [-0.25, -0.2) is 4.79 Å². The number of carbonyl (C=O) groups is 1. The number of esters is 1. The SMILES string of the molecule is C=C(O[Si](C)(C)C)c1ccccc1O/C(=C/C(=O)OCC)C(F)(F)C(F)(F)C(F)(F)F. The zero-order chi connectivity index (χ0) is 24.3. The molecular formula is C19H21F7O4Si. The van der Waals surface area contributed by atoms with Crippen LogP contribution in [0.5, 0.6) is 5.75 Å². The van der Waals surface area contributed by atoms with Gasteiger partial charge in [-0.2, -0.15) is 30.7 Å². The fourth-order valence-electron chi connectivity index (χ4n) is 2.14. The summed E-state index contributed by atoms with van der Waals surface area (Å²) in [5.41, 5.74) is -0.0780. The minimum atomic E-state index is -6.63. The van der Waals surface area contributed by atoms with Crippen molar-refractivity contribution < 1.29 is 49.4 Å². The van der Waals surface area contributed by atoms with E-state index < -0.39 is 43.8 Å². The average molecular weight is 474 g/mol. The van der Waals surface area contributed by atoms with Crippen LogP contribution in [-0.2, 0) is 14.0 Å². The molecule has 0 saturated heterocycles. The maximum absolute atomic E-state index is 14.3. The molecule has 4 nitrogen and oxygen atoms in total. The van der Waals surface area contributed by atoms with Crippen LogP contribution in [-0.4, -0.2) is 38.9 Å². The van der Waals surface area contributed by atoms with Crippen LogP contribution in [0, 0.1) is 0 Å². The van der Waals surface area contributed by atoms with Crippen LogP contribution >= 0.6 is 0 Å². The van der Waals surface area contributed by atoms with Gasteiger partial charge in [0.25, 0.3) is 0 Å². The number of para-hydroxylation sites is 1. The fraction of sp³-hybridized carbons (Fsp3) is 0.421. The Morgan fingerprint density at radius 3 is 2.10 bits per heavy atom. The first kappa shape index (κ1) is 26.5. The zero-order valence-electron chi connectivity index (χ0n) is 17.1. The predicted octanol–water partition coefficient (Wildman–Crippen LogP) is 6.17. The molecule has 0 bridgehead atoms. The highest BCUT2D eigenvalue weighted by molar-refractivity contribution is 6.70. The molecule has 0 aliphatic rings. The third-order valence-corrected chi connectivity index (χ3v) is 4.29. The minimum Gasteiger partial charge on any atom is -0.544 e. The standard InChI is InChI=1S/C19H21F7O4Si/c1-6-28-16(27)11-15(17(20,21)18(22,23)19(24,25)26)29-14-10-8-7-9-13(14)12(2)30-31(3,4)5/h7-11H,2,6H2,1,3-5H3/b15-11+. The molecule has 0 amide bonds. The summed E-state index contributed by atoms with van der Waals surface area (Å²) in [6.45, 7) is 9.87. The molecule has 1 aromatic carbocycles. The number of benzene rings is 1. The molecule has 0 fully saturated rings. The quantitative estimate of drug-likeness (QED) is 0.141. The lowest BCUT2D eigenvalue weighted by molar-refractivity contribution is -0.348. The van der Waals surface area contributed by atoms with Crippen LogP contribution in [0.3, 0.4) is 0 Å². The first-order valence-corrected chi connectivity index (χ1v) is 12.2. The van der Waals surface area contributed by atoms with E-state index in [1.165, 1.54) is 25.1 Å². The molecule has 12 heteroatoms. The molecule has 0 radical (unpaired) electrons. The van der Waals surface area contributed by atoms with E-state index >= 15 is 0 Å². The molecule has 1 aromatic rings. The summed E-state index contributed by atoms with van der Waals surface area (Å²) < 4.78 is 109. The molecule has 0 aliphatic heterocycles. The Balaban J connectivity index is 3.53. The van der Waals surface area contributed by atoms with E-state index in [0.29, 0.717) is 0 Å². The van der Waals surface area contributed by atoms with E-state index in [1.807, 2.05) is 0 Å². The molecule has 0 N–H and O–H groups in total. The Morgan fingerprint density at radius 2 is 1.61 bits per heavy atom. The van der Waals surface area contributed by atoms with Gasteiger partial charge in [0, 0.05) is 0 Å². The lowest BCUT2D eigenvalue weighted by Gasteiger charge is -2.30. The number of halogens is 7. The largest absolute Gasteiger partial charge is 0.544 e. The van der Waals surface area contributed by atoms with Gasteiger partial charge in [0.1, 0.15) is 11.5 Å². The van der Waals surface area contributed by atoms with Gasteiger partial charge in [-0.3, -0.25) is 0 Å². The van der Waals surface area contributed by atoms with Crippen molar-refractivity contribution in [3.8, 4) is 5.75 Å². The predicted molar refractivity (Wildman–Crippen MR) is 101 cm³/mol. The molecular weight excluding hydrogens is 453 g/mol. The first-order valence-electron chi connectivity index (χ1n) is 8.80. The van der Waals surface area contributed by atoms with Crippen molar-refractivity contribution >= 4 is 20.0 Å². The molecule has 1 rings (SSSR count). The molecule has 174 valence electrons. The highest BCUT2D eigenvalue weighted by atomic mass is 28.4. The summed E-state index contributed by atoms with van der Waals surface area (Å²) in [5, 5.41) is 0. The van der Waals surface area contributed by atoms with E-state index in [-0.39, 0.29) is 24.0 Å². The molecule has 0 aliphatic carbocycles. The highest BCUT2D eigenvalue weighted by Gasteiger charge is 2.75. The third-order valence-electron chi connectivity index (χ3n) is 3.43. The minimum absolute atomic E-state index is 0.0730. The van der Waals surface area contributed by atoms with E-state index in [9.17, 15) is 35.5 Å². The monoisotopic (exact) mass is 474 g/mol. The number of ether oxygens (including phenoxy) is 2. The summed E-state index contributed by atoms with van der Waals surface area (Å²) in [6.07, 6.45) is -6.88. The number of allylic oxidation sites excluding steroid dienone is 1. The van der Waals surface area contributed by atoms with Gasteiger partial charge in [0.15, 0.2) is 5.76 Å². The molecule has 0 saturated carbocycles. The Labute approximate surface area is 175 Å². The van der Waals surface area contributed by atoms with Crippen LogP contribution in [0.15, 0.2) is 42.7 Å². The van der Waals surface area contributed by atoms with Crippen molar-refractivity contribution in [3.63, 3.8) is 0 Å². The van der Waals surface area contributed by atoms with Crippen LogP contribution in [0.4, 0.5) is 30.7 Å². The molecule has 0 atom stereocenters. The zero-order valence-corrected chi connectivity index (χ0v) is 18.1.